The topological polar surface area (TPSA) is 59.9 Å². The van der Waals surface area contributed by atoms with Crippen molar-refractivity contribution < 1.29 is 4.74 Å². The molecule has 0 bridgehead atoms. The summed E-state index contributed by atoms with van der Waals surface area (Å²) in [6.07, 6.45) is 3.62. The summed E-state index contributed by atoms with van der Waals surface area (Å²) in [4.78, 5) is 16.6. The van der Waals surface area contributed by atoms with Crippen molar-refractivity contribution >= 4 is 56.8 Å². The minimum absolute atomic E-state index is 0. The molecule has 0 aliphatic heterocycles. The highest BCUT2D eigenvalue weighted by molar-refractivity contribution is 7.99. The van der Waals surface area contributed by atoms with Crippen molar-refractivity contribution in [3.63, 3.8) is 0 Å². The van der Waals surface area contributed by atoms with E-state index in [9.17, 15) is 0 Å². The van der Waals surface area contributed by atoms with E-state index in [-0.39, 0.29) is 12.4 Å². The van der Waals surface area contributed by atoms with Crippen molar-refractivity contribution in [2.75, 3.05) is 5.32 Å². The standard InChI is InChI=1S/C24H18N4OS2.ClH/c1-3-8-17(9-4-1)16-29-21-14-19(30-18-10-5-2-6-11-18)15-26-22(21)28-24-27-20-12-7-13-25-23(20)31-24;/h1-15H,16H2,(H,26,27,28);1H. The van der Waals surface area contributed by atoms with Gasteiger partial charge in [0.2, 0.25) is 0 Å². The fraction of sp³-hybridized carbons (Fsp3) is 0.0417. The van der Waals surface area contributed by atoms with Gasteiger partial charge in [-0.1, -0.05) is 71.6 Å². The molecule has 5 rings (SSSR count). The summed E-state index contributed by atoms with van der Waals surface area (Å²) in [5.41, 5.74) is 1.96. The predicted octanol–water partition coefficient (Wildman–Crippen LogP) is 6.98. The molecule has 0 aliphatic rings. The van der Waals surface area contributed by atoms with Crippen molar-refractivity contribution in [3.05, 3.63) is 96.8 Å². The van der Waals surface area contributed by atoms with E-state index in [1.807, 2.05) is 72.9 Å². The zero-order valence-corrected chi connectivity index (χ0v) is 19.3. The smallest absolute Gasteiger partial charge is 0.191 e. The number of ether oxygens (including phenoxy) is 1. The summed E-state index contributed by atoms with van der Waals surface area (Å²) in [7, 11) is 0. The van der Waals surface area contributed by atoms with Crippen molar-refractivity contribution in [1.82, 2.24) is 15.0 Å². The number of aromatic nitrogens is 3. The van der Waals surface area contributed by atoms with Crippen molar-refractivity contribution in [2.24, 2.45) is 0 Å². The number of fused-ring (bicyclic) bond motifs is 1. The van der Waals surface area contributed by atoms with Gasteiger partial charge < -0.3 is 10.1 Å². The lowest BCUT2D eigenvalue weighted by Crippen LogP contribution is -2.01. The molecule has 32 heavy (non-hydrogen) atoms. The van der Waals surface area contributed by atoms with Gasteiger partial charge in [0.05, 0.1) is 0 Å². The monoisotopic (exact) mass is 478 g/mol. The molecule has 0 amide bonds. The van der Waals surface area contributed by atoms with Crippen LogP contribution in [0, 0.1) is 0 Å². The summed E-state index contributed by atoms with van der Waals surface area (Å²) in [6.45, 7) is 0.456. The molecule has 0 spiro atoms. The normalized spacial score (nSPS) is 10.5. The molecule has 0 fully saturated rings. The molecular weight excluding hydrogens is 460 g/mol. The summed E-state index contributed by atoms with van der Waals surface area (Å²) in [6, 6.07) is 26.2. The van der Waals surface area contributed by atoms with E-state index in [0.717, 1.165) is 30.8 Å². The van der Waals surface area contributed by atoms with Gasteiger partial charge in [-0.25, -0.2) is 15.0 Å². The van der Waals surface area contributed by atoms with Crippen molar-refractivity contribution in [3.8, 4) is 5.75 Å². The van der Waals surface area contributed by atoms with Crippen molar-refractivity contribution in [1.29, 1.82) is 0 Å². The van der Waals surface area contributed by atoms with E-state index in [0.29, 0.717) is 18.2 Å². The van der Waals surface area contributed by atoms with E-state index >= 15 is 0 Å². The Morgan fingerprint density at radius 2 is 1.66 bits per heavy atom. The Balaban J connectivity index is 0.00000245. The van der Waals surface area contributed by atoms with Gasteiger partial charge in [-0.05, 0) is 35.9 Å². The average molecular weight is 479 g/mol. The number of anilines is 2. The lowest BCUT2D eigenvalue weighted by molar-refractivity contribution is 0.306. The van der Waals surface area contributed by atoms with E-state index in [2.05, 4.69) is 32.4 Å². The van der Waals surface area contributed by atoms with Gasteiger partial charge in [0.25, 0.3) is 0 Å². The number of nitrogens with zero attached hydrogens (tertiary/aromatic N) is 3. The maximum Gasteiger partial charge on any atom is 0.191 e. The Hall–Kier alpha value is -3.13. The lowest BCUT2D eigenvalue weighted by atomic mass is 10.2. The molecule has 0 radical (unpaired) electrons. The van der Waals surface area contributed by atoms with Gasteiger partial charge in [-0.3, -0.25) is 0 Å². The molecule has 160 valence electrons. The van der Waals surface area contributed by atoms with Crippen LogP contribution in [0.5, 0.6) is 5.75 Å². The van der Waals surface area contributed by atoms with Gasteiger partial charge in [0, 0.05) is 22.2 Å². The number of pyridine rings is 2. The molecule has 1 N–H and O–H groups in total. The van der Waals surface area contributed by atoms with Crippen LogP contribution in [0.4, 0.5) is 10.9 Å². The summed E-state index contributed by atoms with van der Waals surface area (Å²) < 4.78 is 6.17. The third-order valence-electron chi connectivity index (χ3n) is 4.44. The van der Waals surface area contributed by atoms with Gasteiger partial charge in [0.1, 0.15) is 17.0 Å². The van der Waals surface area contributed by atoms with E-state index < -0.39 is 0 Å². The van der Waals surface area contributed by atoms with Crippen LogP contribution in [0.25, 0.3) is 10.3 Å². The lowest BCUT2D eigenvalue weighted by Gasteiger charge is -2.13. The first-order valence-corrected chi connectivity index (χ1v) is 11.3. The molecule has 5 aromatic rings. The Morgan fingerprint density at radius 1 is 0.875 bits per heavy atom. The highest BCUT2D eigenvalue weighted by atomic mass is 35.5. The van der Waals surface area contributed by atoms with Gasteiger partial charge in [-0.2, -0.15) is 0 Å². The molecule has 3 aromatic heterocycles. The third kappa shape index (κ3) is 5.37. The molecule has 0 saturated heterocycles. The second kappa shape index (κ2) is 10.5. The van der Waals surface area contributed by atoms with Gasteiger partial charge >= 0.3 is 0 Å². The quantitative estimate of drug-likeness (QED) is 0.272. The van der Waals surface area contributed by atoms with Crippen LogP contribution >= 0.6 is 35.5 Å². The number of nitrogens with one attached hydrogen (secondary N) is 1. The van der Waals surface area contributed by atoms with Crippen LogP contribution in [0.3, 0.4) is 0 Å². The molecule has 0 aliphatic carbocycles. The Bertz CT molecular complexity index is 1270. The molecule has 8 heteroatoms. The van der Waals surface area contributed by atoms with E-state index in [1.165, 1.54) is 11.3 Å². The number of hydrogen-bond donors (Lipinski definition) is 1. The highest BCUT2D eigenvalue weighted by Gasteiger charge is 2.12. The van der Waals surface area contributed by atoms with Crippen LogP contribution < -0.4 is 10.1 Å². The predicted molar refractivity (Wildman–Crippen MR) is 134 cm³/mol. The fourth-order valence-electron chi connectivity index (χ4n) is 2.97. The first kappa shape index (κ1) is 22.1. The van der Waals surface area contributed by atoms with Crippen LogP contribution in [0.15, 0.2) is 101 Å². The van der Waals surface area contributed by atoms with Crippen LogP contribution in [-0.4, -0.2) is 15.0 Å². The molecule has 2 aromatic carbocycles. The van der Waals surface area contributed by atoms with Crippen LogP contribution in [-0.2, 0) is 6.61 Å². The van der Waals surface area contributed by atoms with E-state index in [1.54, 1.807) is 18.0 Å². The molecule has 0 saturated carbocycles. The molecule has 3 heterocycles. The fourth-order valence-corrected chi connectivity index (χ4v) is 4.61. The van der Waals surface area contributed by atoms with E-state index in [4.69, 9.17) is 4.74 Å². The zero-order valence-electron chi connectivity index (χ0n) is 16.8. The average Bonchev–Trinajstić information content (AvgIpc) is 3.23. The molecular formula is C24H19ClN4OS2. The first-order valence-electron chi connectivity index (χ1n) is 9.72. The van der Waals surface area contributed by atoms with Crippen LogP contribution in [0.1, 0.15) is 5.56 Å². The SMILES string of the molecule is Cl.c1ccc(COc2cc(Sc3ccccc3)cnc2Nc2nc3cccnc3s2)cc1. The number of thiazole rings is 1. The largest absolute Gasteiger partial charge is 0.485 e. The third-order valence-corrected chi connectivity index (χ3v) is 6.30. The summed E-state index contributed by atoms with van der Waals surface area (Å²) >= 11 is 3.14. The minimum Gasteiger partial charge on any atom is -0.485 e. The van der Waals surface area contributed by atoms with Gasteiger partial charge in [0.15, 0.2) is 16.7 Å². The summed E-state index contributed by atoms with van der Waals surface area (Å²) in [5, 5.41) is 4.04. The Morgan fingerprint density at radius 3 is 2.44 bits per heavy atom. The molecule has 0 unspecified atom stereocenters. The summed E-state index contributed by atoms with van der Waals surface area (Å²) in [5.74, 6) is 1.31. The second-order valence-electron chi connectivity index (χ2n) is 6.68. The first-order chi connectivity index (χ1) is 15.3. The second-order valence-corrected chi connectivity index (χ2v) is 8.80. The number of rotatable bonds is 7. The molecule has 0 atom stereocenters. The maximum atomic E-state index is 6.17. The Kier molecular flexibility index (Phi) is 7.21. The van der Waals surface area contributed by atoms with Crippen LogP contribution in [0.2, 0.25) is 0 Å². The highest BCUT2D eigenvalue weighted by Crippen LogP contribution is 2.35. The number of hydrogen-bond acceptors (Lipinski definition) is 7. The Labute approximate surface area is 200 Å². The molecule has 5 nitrogen and oxygen atoms in total. The number of benzene rings is 2. The number of halogens is 1. The maximum absolute atomic E-state index is 6.17. The van der Waals surface area contributed by atoms with Gasteiger partial charge in [-0.15, -0.1) is 12.4 Å². The zero-order chi connectivity index (χ0) is 20.9. The van der Waals surface area contributed by atoms with Crippen molar-refractivity contribution in [2.45, 2.75) is 16.4 Å². The minimum atomic E-state index is 0.